The molecule has 2 aromatic carbocycles. The number of hydrogen-bond acceptors (Lipinski definition) is 3. The molecule has 1 atom stereocenters. The Kier molecular flexibility index (Phi) is 3.75. The summed E-state index contributed by atoms with van der Waals surface area (Å²) in [5, 5.41) is 7.24. The molecule has 3 aromatic rings. The third kappa shape index (κ3) is 2.94. The lowest BCUT2D eigenvalue weighted by Crippen LogP contribution is -2.20. The zero-order chi connectivity index (χ0) is 18.3. The summed E-state index contributed by atoms with van der Waals surface area (Å²) < 4.78 is 53.1. The molecule has 132 valence electrons. The first-order valence-corrected chi connectivity index (χ1v) is 7.73. The quantitative estimate of drug-likeness (QED) is 0.685. The second-order valence-corrected chi connectivity index (χ2v) is 5.81. The Morgan fingerprint density at radius 1 is 0.962 bits per heavy atom. The van der Waals surface area contributed by atoms with Crippen LogP contribution in [0.25, 0.3) is 5.70 Å². The van der Waals surface area contributed by atoms with Crippen molar-refractivity contribution in [1.82, 2.24) is 14.8 Å². The molecule has 0 aliphatic carbocycles. The Balaban J connectivity index is 1.75. The van der Waals surface area contributed by atoms with Crippen molar-refractivity contribution < 1.29 is 17.6 Å². The predicted octanol–water partition coefficient (Wildman–Crippen LogP) is 4.49. The third-order valence-electron chi connectivity index (χ3n) is 4.14. The van der Waals surface area contributed by atoms with E-state index in [1.54, 1.807) is 16.8 Å². The van der Waals surface area contributed by atoms with E-state index in [-0.39, 0.29) is 5.82 Å². The van der Waals surface area contributed by atoms with Gasteiger partial charge in [-0.1, -0.05) is 12.1 Å². The average molecular weight is 360 g/mol. The number of fused-ring (bicyclic) bond motifs is 1. The van der Waals surface area contributed by atoms with Crippen molar-refractivity contribution in [2.24, 2.45) is 0 Å². The Bertz CT molecular complexity index is 956. The fraction of sp³-hybridized carbons (Fsp3) is 0.111. The van der Waals surface area contributed by atoms with Gasteiger partial charge in [0.2, 0.25) is 5.95 Å². The summed E-state index contributed by atoms with van der Waals surface area (Å²) in [6.45, 7) is 0. The second kappa shape index (κ2) is 5.98. The minimum atomic E-state index is -4.39. The molecule has 0 bridgehead atoms. The topological polar surface area (TPSA) is 42.7 Å². The molecule has 0 spiro atoms. The summed E-state index contributed by atoms with van der Waals surface area (Å²) in [7, 11) is 0. The van der Waals surface area contributed by atoms with Gasteiger partial charge in [0.15, 0.2) is 0 Å². The van der Waals surface area contributed by atoms with Crippen molar-refractivity contribution in [3.8, 4) is 0 Å². The zero-order valence-electron chi connectivity index (χ0n) is 13.2. The van der Waals surface area contributed by atoms with Crippen LogP contribution in [0.2, 0.25) is 0 Å². The molecular formula is C18H12F4N4. The van der Waals surface area contributed by atoms with Gasteiger partial charge < -0.3 is 5.32 Å². The fourth-order valence-corrected chi connectivity index (χ4v) is 2.84. The number of hydrogen-bond donors (Lipinski definition) is 1. The van der Waals surface area contributed by atoms with Crippen molar-refractivity contribution in [2.75, 3.05) is 5.32 Å². The van der Waals surface area contributed by atoms with Gasteiger partial charge in [-0.3, -0.25) is 0 Å². The van der Waals surface area contributed by atoms with Crippen LogP contribution in [0.4, 0.5) is 23.5 Å². The molecular weight excluding hydrogens is 348 g/mol. The lowest BCUT2D eigenvalue weighted by atomic mass is 10.0. The van der Waals surface area contributed by atoms with Crippen LogP contribution in [0, 0.1) is 5.82 Å². The van der Waals surface area contributed by atoms with E-state index in [9.17, 15) is 17.6 Å². The highest BCUT2D eigenvalue weighted by Gasteiger charge is 2.31. The number of allylic oxidation sites excluding steroid dienone is 1. The normalized spacial score (nSPS) is 16.6. The van der Waals surface area contributed by atoms with Gasteiger partial charge in [0.05, 0.1) is 5.56 Å². The number of rotatable bonds is 2. The van der Waals surface area contributed by atoms with Crippen molar-refractivity contribution in [2.45, 2.75) is 12.2 Å². The zero-order valence-corrected chi connectivity index (χ0v) is 13.2. The highest BCUT2D eigenvalue weighted by atomic mass is 19.4. The maximum absolute atomic E-state index is 13.2. The van der Waals surface area contributed by atoms with Crippen LogP contribution in [0.15, 0.2) is 60.9 Å². The summed E-state index contributed by atoms with van der Waals surface area (Å²) in [6.07, 6.45) is -1.21. The maximum atomic E-state index is 13.2. The van der Waals surface area contributed by atoms with E-state index in [0.717, 1.165) is 17.7 Å². The summed E-state index contributed by atoms with van der Waals surface area (Å²) in [5.41, 5.74) is 1.33. The monoisotopic (exact) mass is 360 g/mol. The number of benzene rings is 2. The minimum Gasteiger partial charge on any atom is -0.324 e. The number of anilines is 1. The molecule has 0 fully saturated rings. The number of nitrogens with zero attached hydrogens (tertiary/aromatic N) is 3. The Morgan fingerprint density at radius 3 is 2.31 bits per heavy atom. The maximum Gasteiger partial charge on any atom is 0.416 e. The van der Waals surface area contributed by atoms with E-state index in [1.807, 2.05) is 6.08 Å². The molecule has 1 aliphatic rings. The van der Waals surface area contributed by atoms with Crippen molar-refractivity contribution >= 4 is 11.6 Å². The van der Waals surface area contributed by atoms with Crippen molar-refractivity contribution in [3.05, 3.63) is 83.4 Å². The molecule has 1 N–H and O–H groups in total. The van der Waals surface area contributed by atoms with Crippen LogP contribution in [-0.2, 0) is 6.18 Å². The van der Waals surface area contributed by atoms with Crippen molar-refractivity contribution in [3.63, 3.8) is 0 Å². The lowest BCUT2D eigenvalue weighted by molar-refractivity contribution is -0.137. The first-order valence-electron chi connectivity index (χ1n) is 7.73. The number of halogens is 4. The SMILES string of the molecule is Fc1ccc(C2=C[C@@H](c3ccc(C(F)(F)F)cc3)n3ncnc3N2)cc1. The van der Waals surface area contributed by atoms with Gasteiger partial charge in [-0.2, -0.15) is 23.3 Å². The summed E-state index contributed by atoms with van der Waals surface area (Å²) in [5.74, 6) is 0.101. The van der Waals surface area contributed by atoms with E-state index in [2.05, 4.69) is 15.4 Å². The van der Waals surface area contributed by atoms with Crippen LogP contribution in [0.5, 0.6) is 0 Å². The summed E-state index contributed by atoms with van der Waals surface area (Å²) in [4.78, 5) is 4.13. The van der Waals surface area contributed by atoms with Crippen LogP contribution in [-0.4, -0.2) is 14.8 Å². The van der Waals surface area contributed by atoms with Crippen molar-refractivity contribution in [1.29, 1.82) is 0 Å². The smallest absolute Gasteiger partial charge is 0.324 e. The predicted molar refractivity (Wildman–Crippen MR) is 87.6 cm³/mol. The van der Waals surface area contributed by atoms with Gasteiger partial charge >= 0.3 is 6.18 Å². The van der Waals surface area contributed by atoms with Crippen LogP contribution < -0.4 is 5.32 Å². The molecule has 0 amide bonds. The molecule has 1 aliphatic heterocycles. The molecule has 0 unspecified atom stereocenters. The summed E-state index contributed by atoms with van der Waals surface area (Å²) >= 11 is 0. The molecule has 4 rings (SSSR count). The Hall–Kier alpha value is -3.16. The Morgan fingerprint density at radius 2 is 1.65 bits per heavy atom. The highest BCUT2D eigenvalue weighted by molar-refractivity contribution is 5.77. The van der Waals surface area contributed by atoms with Crippen LogP contribution in [0.3, 0.4) is 0 Å². The lowest BCUT2D eigenvalue weighted by Gasteiger charge is -2.24. The van der Waals surface area contributed by atoms with E-state index >= 15 is 0 Å². The van der Waals surface area contributed by atoms with E-state index in [0.29, 0.717) is 17.2 Å². The van der Waals surface area contributed by atoms with Gasteiger partial charge in [0.1, 0.15) is 18.2 Å². The largest absolute Gasteiger partial charge is 0.416 e. The fourth-order valence-electron chi connectivity index (χ4n) is 2.84. The Labute approximate surface area is 145 Å². The highest BCUT2D eigenvalue weighted by Crippen LogP contribution is 2.34. The molecule has 0 saturated carbocycles. The average Bonchev–Trinajstić information content (AvgIpc) is 3.09. The molecule has 8 heteroatoms. The second-order valence-electron chi connectivity index (χ2n) is 5.81. The molecule has 0 saturated heterocycles. The number of nitrogens with one attached hydrogen (secondary N) is 1. The summed E-state index contributed by atoms with van der Waals surface area (Å²) in [6, 6.07) is 10.4. The van der Waals surface area contributed by atoms with Gasteiger partial charge in [-0.15, -0.1) is 0 Å². The minimum absolute atomic E-state index is 0.354. The molecule has 1 aromatic heterocycles. The number of aromatic nitrogens is 3. The van der Waals surface area contributed by atoms with Crippen LogP contribution >= 0.6 is 0 Å². The standard InChI is InChI=1S/C18H12F4N4/c19-14-7-3-11(4-8-14)15-9-16(26-17(25-15)23-10-24-26)12-1-5-13(6-2-12)18(20,21)22/h1-10,16H,(H,23,24,25)/t16-/m0/s1. The van der Waals surface area contributed by atoms with E-state index in [1.165, 1.54) is 30.6 Å². The van der Waals surface area contributed by atoms with Gasteiger partial charge in [-0.05, 0) is 53.6 Å². The first kappa shape index (κ1) is 16.3. The van der Waals surface area contributed by atoms with Gasteiger partial charge in [0.25, 0.3) is 0 Å². The van der Waals surface area contributed by atoms with E-state index < -0.39 is 17.8 Å². The van der Waals surface area contributed by atoms with E-state index in [4.69, 9.17) is 0 Å². The molecule has 0 radical (unpaired) electrons. The first-order chi connectivity index (χ1) is 12.4. The molecule has 2 heterocycles. The number of alkyl halides is 3. The molecule has 26 heavy (non-hydrogen) atoms. The van der Waals surface area contributed by atoms with Crippen LogP contribution in [0.1, 0.15) is 22.7 Å². The third-order valence-corrected chi connectivity index (χ3v) is 4.14. The van der Waals surface area contributed by atoms with Gasteiger partial charge in [-0.25, -0.2) is 9.07 Å². The van der Waals surface area contributed by atoms with Gasteiger partial charge in [0, 0.05) is 5.70 Å². The molecule has 4 nitrogen and oxygen atoms in total.